The molecule has 1 atom stereocenters. The predicted molar refractivity (Wildman–Crippen MR) is 54.6 cm³/mol. The quantitative estimate of drug-likeness (QED) is 0.801. The minimum atomic E-state index is -4.75. The van der Waals surface area contributed by atoms with E-state index in [1.165, 1.54) is 22.6 Å². The number of alkyl halides is 3. The van der Waals surface area contributed by atoms with Crippen LogP contribution in [0.25, 0.3) is 0 Å². The topological polar surface area (TPSA) is 70.4 Å². The third kappa shape index (κ3) is 2.61. The van der Waals surface area contributed by atoms with E-state index in [4.69, 9.17) is 5.11 Å². The molecule has 0 aliphatic heterocycles. The molecule has 0 aliphatic rings. The zero-order valence-corrected chi connectivity index (χ0v) is 9.65. The number of hydrogen-bond donors (Lipinski definition) is 2. The van der Waals surface area contributed by atoms with Crippen molar-refractivity contribution in [3.63, 3.8) is 0 Å². The summed E-state index contributed by atoms with van der Waals surface area (Å²) in [6, 6.07) is 0. The van der Waals surface area contributed by atoms with E-state index in [1.807, 2.05) is 0 Å². The molecule has 0 radical (unpaired) electrons. The highest BCUT2D eigenvalue weighted by molar-refractivity contribution is 14.1. The molecule has 0 fully saturated rings. The number of carbonyl (C=O) groups is 1. The molecule has 0 saturated heterocycles. The Kier molecular flexibility index (Phi) is 3.73. The van der Waals surface area contributed by atoms with Gasteiger partial charge in [0.25, 0.3) is 0 Å². The zero-order chi connectivity index (χ0) is 12.5. The number of carboxylic acid groups (broad SMARTS) is 1. The van der Waals surface area contributed by atoms with Crippen LogP contribution in [0.15, 0.2) is 12.4 Å². The Hall–Kier alpha value is -0.900. The van der Waals surface area contributed by atoms with Crippen molar-refractivity contribution in [3.05, 3.63) is 27.1 Å². The SMILES string of the molecule is O=C(O)C(O)c1c(I)cncc1C(F)(F)F. The maximum Gasteiger partial charge on any atom is 0.418 e. The highest BCUT2D eigenvalue weighted by Gasteiger charge is 2.38. The van der Waals surface area contributed by atoms with Gasteiger partial charge in [-0.05, 0) is 22.6 Å². The molecule has 8 heteroatoms. The molecule has 16 heavy (non-hydrogen) atoms. The summed E-state index contributed by atoms with van der Waals surface area (Å²) >= 11 is 1.49. The van der Waals surface area contributed by atoms with Crippen molar-refractivity contribution >= 4 is 28.6 Å². The average molecular weight is 347 g/mol. The van der Waals surface area contributed by atoms with Gasteiger partial charge in [0, 0.05) is 21.5 Å². The Bertz CT molecular complexity index is 421. The maximum absolute atomic E-state index is 12.5. The minimum Gasteiger partial charge on any atom is -0.479 e. The van der Waals surface area contributed by atoms with E-state index in [2.05, 4.69) is 4.98 Å². The van der Waals surface area contributed by atoms with Gasteiger partial charge >= 0.3 is 12.1 Å². The molecule has 4 nitrogen and oxygen atoms in total. The van der Waals surface area contributed by atoms with Crippen LogP contribution in [0.4, 0.5) is 13.2 Å². The molecule has 2 N–H and O–H groups in total. The van der Waals surface area contributed by atoms with Crippen molar-refractivity contribution < 1.29 is 28.2 Å². The number of aliphatic carboxylic acids is 1. The summed E-state index contributed by atoms with van der Waals surface area (Å²) in [5, 5.41) is 17.7. The lowest BCUT2D eigenvalue weighted by molar-refractivity contribution is -0.149. The van der Waals surface area contributed by atoms with Crippen molar-refractivity contribution in [2.24, 2.45) is 0 Å². The van der Waals surface area contributed by atoms with Crippen molar-refractivity contribution in [1.29, 1.82) is 0 Å². The van der Waals surface area contributed by atoms with E-state index in [1.54, 1.807) is 0 Å². The highest BCUT2D eigenvalue weighted by atomic mass is 127. The fourth-order valence-corrected chi connectivity index (χ4v) is 1.82. The van der Waals surface area contributed by atoms with Crippen LogP contribution in [0, 0.1) is 3.57 Å². The number of pyridine rings is 1. The van der Waals surface area contributed by atoms with Gasteiger partial charge in [0.2, 0.25) is 0 Å². The zero-order valence-electron chi connectivity index (χ0n) is 7.49. The van der Waals surface area contributed by atoms with Crippen LogP contribution in [-0.4, -0.2) is 21.2 Å². The van der Waals surface area contributed by atoms with Gasteiger partial charge in [-0.25, -0.2) is 4.79 Å². The molecule has 0 bridgehead atoms. The van der Waals surface area contributed by atoms with E-state index in [0.29, 0.717) is 6.20 Å². The summed E-state index contributed by atoms with van der Waals surface area (Å²) in [6.07, 6.45) is -5.42. The summed E-state index contributed by atoms with van der Waals surface area (Å²) in [5.74, 6) is -1.74. The summed E-state index contributed by atoms with van der Waals surface area (Å²) in [5.41, 5.74) is -1.93. The predicted octanol–water partition coefficient (Wildman–Crippen LogP) is 1.82. The standard InChI is InChI=1S/C8H5F3INO3/c9-8(10,11)3-1-13-2-4(12)5(3)6(14)7(15)16/h1-2,6,14H,(H,15,16). The lowest BCUT2D eigenvalue weighted by atomic mass is 10.0. The Morgan fingerprint density at radius 2 is 2.00 bits per heavy atom. The lowest BCUT2D eigenvalue weighted by Crippen LogP contribution is -2.19. The molecule has 1 aromatic heterocycles. The summed E-state index contributed by atoms with van der Waals surface area (Å²) in [6.45, 7) is 0. The van der Waals surface area contributed by atoms with E-state index < -0.39 is 29.4 Å². The molecule has 0 saturated carbocycles. The number of halogens is 4. The van der Waals surface area contributed by atoms with Gasteiger partial charge in [0.15, 0.2) is 6.10 Å². The average Bonchev–Trinajstić information content (AvgIpc) is 2.14. The Morgan fingerprint density at radius 1 is 1.44 bits per heavy atom. The lowest BCUT2D eigenvalue weighted by Gasteiger charge is -2.15. The monoisotopic (exact) mass is 347 g/mol. The molecule has 0 aliphatic carbocycles. The van der Waals surface area contributed by atoms with E-state index in [0.717, 1.165) is 6.20 Å². The summed E-state index contributed by atoms with van der Waals surface area (Å²) < 4.78 is 37.5. The first-order valence-corrected chi connectivity index (χ1v) is 4.94. The van der Waals surface area contributed by atoms with Gasteiger partial charge < -0.3 is 10.2 Å². The molecule has 0 amide bonds. The largest absolute Gasteiger partial charge is 0.479 e. The van der Waals surface area contributed by atoms with E-state index >= 15 is 0 Å². The summed E-state index contributed by atoms with van der Waals surface area (Å²) in [7, 11) is 0. The number of rotatable bonds is 2. The third-order valence-corrected chi connectivity index (χ3v) is 2.61. The van der Waals surface area contributed by atoms with Gasteiger partial charge in [0.1, 0.15) is 0 Å². The number of nitrogens with zero attached hydrogens (tertiary/aromatic N) is 1. The maximum atomic E-state index is 12.5. The van der Waals surface area contributed by atoms with Crippen LogP contribution in [-0.2, 0) is 11.0 Å². The second kappa shape index (κ2) is 4.53. The van der Waals surface area contributed by atoms with Crippen LogP contribution in [0.3, 0.4) is 0 Å². The van der Waals surface area contributed by atoms with Gasteiger partial charge in [0.05, 0.1) is 5.56 Å². The Morgan fingerprint density at radius 3 is 2.44 bits per heavy atom. The number of aromatic nitrogens is 1. The number of aliphatic hydroxyl groups is 1. The molecular formula is C8H5F3INO3. The van der Waals surface area contributed by atoms with Crippen LogP contribution in [0.2, 0.25) is 0 Å². The van der Waals surface area contributed by atoms with Crippen molar-refractivity contribution in [2.75, 3.05) is 0 Å². The molecule has 0 spiro atoms. The Balaban J connectivity index is 3.41. The highest BCUT2D eigenvalue weighted by Crippen LogP contribution is 2.36. The Labute approximate surface area is 101 Å². The third-order valence-electron chi connectivity index (χ3n) is 1.75. The van der Waals surface area contributed by atoms with Crippen LogP contribution < -0.4 is 0 Å². The second-order valence-electron chi connectivity index (χ2n) is 2.82. The number of aliphatic hydroxyl groups excluding tert-OH is 1. The second-order valence-corrected chi connectivity index (χ2v) is 3.98. The van der Waals surface area contributed by atoms with Crippen molar-refractivity contribution in [3.8, 4) is 0 Å². The first-order valence-electron chi connectivity index (χ1n) is 3.86. The van der Waals surface area contributed by atoms with Crippen LogP contribution in [0.5, 0.6) is 0 Å². The van der Waals surface area contributed by atoms with Crippen molar-refractivity contribution in [2.45, 2.75) is 12.3 Å². The van der Waals surface area contributed by atoms with Gasteiger partial charge in [-0.15, -0.1) is 0 Å². The van der Waals surface area contributed by atoms with Gasteiger partial charge in [-0.1, -0.05) is 0 Å². The molecule has 88 valence electrons. The number of carboxylic acids is 1. The van der Waals surface area contributed by atoms with E-state index in [-0.39, 0.29) is 3.57 Å². The molecule has 1 unspecified atom stereocenters. The van der Waals surface area contributed by atoms with Gasteiger partial charge in [-0.3, -0.25) is 4.98 Å². The van der Waals surface area contributed by atoms with Crippen molar-refractivity contribution in [1.82, 2.24) is 4.98 Å². The molecule has 1 rings (SSSR count). The smallest absolute Gasteiger partial charge is 0.418 e. The molecule has 0 aromatic carbocycles. The molecule has 1 heterocycles. The van der Waals surface area contributed by atoms with E-state index in [9.17, 15) is 23.1 Å². The molecular weight excluding hydrogens is 342 g/mol. The normalized spacial score (nSPS) is 13.6. The minimum absolute atomic E-state index is 0.0534. The fourth-order valence-electron chi connectivity index (χ4n) is 1.07. The number of hydrogen-bond acceptors (Lipinski definition) is 3. The van der Waals surface area contributed by atoms with Crippen LogP contribution in [0.1, 0.15) is 17.2 Å². The first kappa shape index (κ1) is 13.2. The fraction of sp³-hybridized carbons (Fsp3) is 0.250. The van der Waals surface area contributed by atoms with Crippen LogP contribution >= 0.6 is 22.6 Å². The van der Waals surface area contributed by atoms with Gasteiger partial charge in [-0.2, -0.15) is 13.2 Å². The summed E-state index contributed by atoms with van der Waals surface area (Å²) in [4.78, 5) is 13.8. The first-order chi connectivity index (χ1) is 7.25. The molecule has 1 aromatic rings.